The maximum absolute atomic E-state index is 14.2. The van der Waals surface area contributed by atoms with Gasteiger partial charge in [0.1, 0.15) is 6.04 Å². The number of nitrogens with zero attached hydrogens (tertiary/aromatic N) is 1. The molecular weight excluding hydrogens is 480 g/mol. The molecule has 4 rings (SSSR count). The van der Waals surface area contributed by atoms with Crippen LogP contribution in [0, 0.1) is 29.6 Å². The lowest BCUT2D eigenvalue weighted by molar-refractivity contribution is -0.156. The number of fused-ring (bicyclic) bond motifs is 2. The number of carbonyl (C=O) groups excluding carboxylic acids is 3. The number of aliphatic hydroxyl groups is 1. The molecule has 2 aromatic carbocycles. The van der Waals surface area contributed by atoms with Gasteiger partial charge < -0.3 is 20.1 Å². The van der Waals surface area contributed by atoms with Crippen molar-refractivity contribution in [1.29, 1.82) is 0 Å². The fourth-order valence-electron chi connectivity index (χ4n) is 6.27. The predicted molar refractivity (Wildman–Crippen MR) is 148 cm³/mol. The first-order chi connectivity index (χ1) is 18.4. The molecule has 38 heavy (non-hydrogen) atoms. The van der Waals surface area contributed by atoms with Crippen LogP contribution in [-0.4, -0.2) is 53.1 Å². The van der Waals surface area contributed by atoms with Gasteiger partial charge in [-0.3, -0.25) is 14.4 Å². The fraction of sp³-hybridized carbons (Fsp3) is 0.516. The van der Waals surface area contributed by atoms with Gasteiger partial charge in [-0.25, -0.2) is 0 Å². The zero-order valence-electron chi connectivity index (χ0n) is 22.8. The summed E-state index contributed by atoms with van der Waals surface area (Å²) in [5, 5.41) is 15.5. The van der Waals surface area contributed by atoms with Crippen molar-refractivity contribution >= 4 is 34.2 Å². The van der Waals surface area contributed by atoms with Crippen LogP contribution in [0.25, 0.3) is 10.8 Å². The predicted octanol–water partition coefficient (Wildman–Crippen LogP) is 4.79. The first kappa shape index (κ1) is 27.8. The Hall–Kier alpha value is -3.19. The summed E-state index contributed by atoms with van der Waals surface area (Å²) in [5.74, 6) is -2.99. The lowest BCUT2D eigenvalue weighted by Crippen LogP contribution is -2.52. The highest BCUT2D eigenvalue weighted by molar-refractivity contribution is 6.02. The number of anilines is 1. The van der Waals surface area contributed by atoms with Crippen molar-refractivity contribution < 1.29 is 24.2 Å². The summed E-state index contributed by atoms with van der Waals surface area (Å²) in [4.78, 5) is 42.9. The zero-order chi connectivity index (χ0) is 27.4. The van der Waals surface area contributed by atoms with Crippen molar-refractivity contribution in [3.63, 3.8) is 0 Å². The molecule has 1 heterocycles. The van der Waals surface area contributed by atoms with Crippen molar-refractivity contribution in [3.05, 3.63) is 54.6 Å². The van der Waals surface area contributed by atoms with Crippen molar-refractivity contribution in [3.8, 4) is 0 Å². The summed E-state index contributed by atoms with van der Waals surface area (Å²) in [6.45, 7) is 7.76. The Morgan fingerprint density at radius 1 is 1.08 bits per heavy atom. The van der Waals surface area contributed by atoms with Gasteiger partial charge in [0.05, 0.1) is 31.1 Å². The van der Waals surface area contributed by atoms with Gasteiger partial charge in [-0.1, -0.05) is 76.1 Å². The van der Waals surface area contributed by atoms with Crippen LogP contribution in [0.4, 0.5) is 5.69 Å². The van der Waals surface area contributed by atoms with Crippen LogP contribution in [0.15, 0.2) is 54.6 Å². The Labute approximate surface area is 225 Å². The van der Waals surface area contributed by atoms with Crippen LogP contribution in [0.5, 0.6) is 0 Å². The van der Waals surface area contributed by atoms with Crippen molar-refractivity contribution in [2.75, 3.05) is 18.5 Å². The number of ether oxygens (including phenoxy) is 1. The minimum absolute atomic E-state index is 0.0310. The van der Waals surface area contributed by atoms with Gasteiger partial charge in [0.15, 0.2) is 0 Å². The van der Waals surface area contributed by atoms with Crippen LogP contribution >= 0.6 is 0 Å². The second kappa shape index (κ2) is 12.1. The van der Waals surface area contributed by atoms with E-state index < -0.39 is 35.8 Å². The number of benzene rings is 2. The second-order valence-electron chi connectivity index (χ2n) is 10.6. The number of esters is 1. The molecule has 0 bridgehead atoms. The number of likely N-dealkylation sites (tertiary alicyclic amines) is 1. The monoisotopic (exact) mass is 520 g/mol. The fourth-order valence-corrected chi connectivity index (χ4v) is 6.27. The van der Waals surface area contributed by atoms with Gasteiger partial charge in [0.2, 0.25) is 11.8 Å². The van der Waals surface area contributed by atoms with Gasteiger partial charge in [0.25, 0.3) is 0 Å². The van der Waals surface area contributed by atoms with Gasteiger partial charge in [0, 0.05) is 11.6 Å². The maximum Gasteiger partial charge on any atom is 0.310 e. The van der Waals surface area contributed by atoms with Crippen LogP contribution in [-0.2, 0) is 19.1 Å². The summed E-state index contributed by atoms with van der Waals surface area (Å²) in [5.41, 5.74) is 0.638. The molecule has 1 fully saturated rings. The molecule has 204 valence electrons. The summed E-state index contributed by atoms with van der Waals surface area (Å²) in [7, 11) is 0. The number of nitrogens with one attached hydrogen (secondary N) is 1. The quantitative estimate of drug-likeness (QED) is 0.347. The van der Waals surface area contributed by atoms with E-state index in [4.69, 9.17) is 4.74 Å². The number of amides is 2. The lowest BCUT2D eigenvalue weighted by atomic mass is 9.69. The average molecular weight is 521 g/mol. The minimum atomic E-state index is -0.846. The van der Waals surface area contributed by atoms with Crippen molar-refractivity contribution in [2.45, 2.75) is 59.0 Å². The third-order valence-corrected chi connectivity index (χ3v) is 8.36. The number of allylic oxidation sites excluding steroid dienone is 1. The molecule has 1 saturated heterocycles. The number of carbonyl (C=O) groups is 3. The van der Waals surface area contributed by atoms with E-state index >= 15 is 0 Å². The van der Waals surface area contributed by atoms with Gasteiger partial charge in [-0.15, -0.1) is 0 Å². The zero-order valence-corrected chi connectivity index (χ0v) is 22.8. The average Bonchev–Trinajstić information content (AvgIpc) is 3.21. The smallest absolute Gasteiger partial charge is 0.310 e. The van der Waals surface area contributed by atoms with E-state index in [1.54, 1.807) is 11.8 Å². The largest absolute Gasteiger partial charge is 0.466 e. The number of rotatable bonds is 10. The molecule has 0 unspecified atom stereocenters. The Balaban J connectivity index is 1.75. The first-order valence-corrected chi connectivity index (χ1v) is 13.9. The lowest BCUT2D eigenvalue weighted by Gasteiger charge is -2.36. The van der Waals surface area contributed by atoms with Crippen LogP contribution in [0.1, 0.15) is 47.0 Å². The molecule has 7 nitrogen and oxygen atoms in total. The molecule has 0 aromatic heterocycles. The van der Waals surface area contributed by atoms with Crippen LogP contribution < -0.4 is 5.32 Å². The molecule has 2 aliphatic rings. The molecule has 0 spiro atoms. The standard InChI is InChI=1S/C31H40N2O5/c1-5-10-21-14-16-24-27(26(21)31(37)38-7-3)30(36)33(25(18-34)19(4)6-2)28(24)29(35)32-23-15-13-20-11-8-9-12-22(20)17-23/h8-9,11-17,19,21,24-28,34H,5-7,10,18H2,1-4H3,(H,32,35)/t19-,21+,24-,25-,26+,27+,28-/m0/s1. The summed E-state index contributed by atoms with van der Waals surface area (Å²) in [6.07, 6.45) is 6.29. The topological polar surface area (TPSA) is 95.9 Å². The highest BCUT2D eigenvalue weighted by atomic mass is 16.5. The van der Waals surface area contributed by atoms with E-state index in [9.17, 15) is 19.5 Å². The molecule has 2 amide bonds. The Kier molecular flexibility index (Phi) is 8.87. The highest BCUT2D eigenvalue weighted by Gasteiger charge is 2.59. The molecular formula is C31H40N2O5. The van der Waals surface area contributed by atoms with Gasteiger partial charge in [-0.2, -0.15) is 0 Å². The second-order valence-corrected chi connectivity index (χ2v) is 10.6. The Bertz CT molecular complexity index is 1190. The number of hydrogen-bond donors (Lipinski definition) is 2. The van der Waals surface area contributed by atoms with E-state index in [1.807, 2.05) is 68.5 Å². The van der Waals surface area contributed by atoms with Crippen LogP contribution in [0.3, 0.4) is 0 Å². The summed E-state index contributed by atoms with van der Waals surface area (Å²) in [6, 6.07) is 12.2. The van der Waals surface area contributed by atoms with E-state index in [0.717, 1.165) is 30.0 Å². The third-order valence-electron chi connectivity index (χ3n) is 8.36. The Morgan fingerprint density at radius 2 is 1.82 bits per heavy atom. The van der Waals surface area contributed by atoms with Gasteiger partial charge in [-0.05, 0) is 48.1 Å². The van der Waals surface area contributed by atoms with E-state index in [1.165, 1.54) is 0 Å². The highest BCUT2D eigenvalue weighted by Crippen LogP contribution is 2.47. The molecule has 2 N–H and O–H groups in total. The summed E-state index contributed by atoms with van der Waals surface area (Å²) < 4.78 is 5.44. The van der Waals surface area contributed by atoms with E-state index in [2.05, 4.69) is 12.2 Å². The molecule has 2 aromatic rings. The molecule has 7 heteroatoms. The number of aliphatic hydroxyl groups excluding tert-OH is 1. The summed E-state index contributed by atoms with van der Waals surface area (Å²) >= 11 is 0. The molecule has 0 saturated carbocycles. The molecule has 1 aliphatic carbocycles. The molecule has 7 atom stereocenters. The van der Waals surface area contributed by atoms with Crippen molar-refractivity contribution in [1.82, 2.24) is 4.90 Å². The number of hydrogen-bond acceptors (Lipinski definition) is 5. The SMILES string of the molecule is CCC[C@@H]1C=C[C@H]2[C@@H](C(=O)N([C@@H](CO)[C@@H](C)CC)[C@@H]2C(=O)Nc2ccc3ccccc3c2)[C@@H]1C(=O)OCC. The van der Waals surface area contributed by atoms with Gasteiger partial charge >= 0.3 is 5.97 Å². The normalized spacial score (nSPS) is 26.2. The van der Waals surface area contributed by atoms with Crippen LogP contribution in [0.2, 0.25) is 0 Å². The first-order valence-electron chi connectivity index (χ1n) is 13.9. The molecule has 1 aliphatic heterocycles. The molecule has 0 radical (unpaired) electrons. The maximum atomic E-state index is 14.2. The van der Waals surface area contributed by atoms with E-state index in [0.29, 0.717) is 5.69 Å². The third kappa shape index (κ3) is 5.21. The minimum Gasteiger partial charge on any atom is -0.466 e. The van der Waals surface area contributed by atoms with E-state index in [-0.39, 0.29) is 36.9 Å². The Morgan fingerprint density at radius 3 is 2.47 bits per heavy atom. The van der Waals surface area contributed by atoms with Crippen molar-refractivity contribution in [2.24, 2.45) is 29.6 Å².